The number of anilines is 1. The Morgan fingerprint density at radius 3 is 2.65 bits per heavy atom. The molecular formula is C16H13BrN2O. The fourth-order valence-corrected chi connectivity index (χ4v) is 2.34. The van der Waals surface area contributed by atoms with E-state index in [0.29, 0.717) is 16.8 Å². The van der Waals surface area contributed by atoms with Gasteiger partial charge >= 0.3 is 0 Å². The third-order valence-electron chi connectivity index (χ3n) is 3.12. The van der Waals surface area contributed by atoms with Crippen LogP contribution in [0.5, 0.6) is 0 Å². The highest BCUT2D eigenvalue weighted by Gasteiger charge is 2.18. The second-order valence-corrected chi connectivity index (χ2v) is 5.37. The van der Waals surface area contributed by atoms with Gasteiger partial charge in [0.1, 0.15) is 6.07 Å². The van der Waals surface area contributed by atoms with Gasteiger partial charge in [-0.2, -0.15) is 5.26 Å². The molecule has 0 saturated heterocycles. The average molecular weight is 329 g/mol. The summed E-state index contributed by atoms with van der Waals surface area (Å²) in [6.45, 7) is 1.89. The molecule has 0 heterocycles. The number of hydrogen-bond acceptors (Lipinski definition) is 2. The first-order chi connectivity index (χ1) is 9.54. The summed E-state index contributed by atoms with van der Waals surface area (Å²) in [7, 11) is 1.68. The van der Waals surface area contributed by atoms with Crippen molar-refractivity contribution >= 4 is 27.5 Å². The van der Waals surface area contributed by atoms with Gasteiger partial charge in [0, 0.05) is 17.1 Å². The highest BCUT2D eigenvalue weighted by Crippen LogP contribution is 2.23. The predicted octanol–water partition coefficient (Wildman–Crippen LogP) is 3.91. The summed E-state index contributed by atoms with van der Waals surface area (Å²) >= 11 is 3.38. The van der Waals surface area contributed by atoms with Gasteiger partial charge in [-0.05, 0) is 36.8 Å². The molecule has 0 fully saturated rings. The Labute approximate surface area is 126 Å². The second-order valence-electron chi connectivity index (χ2n) is 4.45. The maximum atomic E-state index is 12.6. The minimum absolute atomic E-state index is 0.133. The highest BCUT2D eigenvalue weighted by atomic mass is 79.9. The number of rotatable bonds is 2. The molecule has 0 aliphatic heterocycles. The number of amides is 1. The molecule has 0 aliphatic rings. The van der Waals surface area contributed by atoms with Crippen LogP contribution in [0.4, 0.5) is 5.69 Å². The summed E-state index contributed by atoms with van der Waals surface area (Å²) < 4.78 is 0.855. The van der Waals surface area contributed by atoms with Crippen LogP contribution in [0.2, 0.25) is 0 Å². The molecule has 0 spiro atoms. The van der Waals surface area contributed by atoms with Gasteiger partial charge in [-0.15, -0.1) is 0 Å². The standard InChI is InChI=1S/C16H13BrN2O/c1-11-7-8-13(17)9-14(11)16(20)19(2)15-6-4-3-5-12(15)10-18/h3-9H,1-2H3. The Balaban J connectivity index is 2.43. The molecule has 0 unspecified atom stereocenters. The smallest absolute Gasteiger partial charge is 0.258 e. The van der Waals surface area contributed by atoms with E-state index in [1.807, 2.05) is 25.1 Å². The van der Waals surface area contributed by atoms with Crippen LogP contribution >= 0.6 is 15.9 Å². The Bertz CT molecular complexity index is 704. The Morgan fingerprint density at radius 1 is 1.25 bits per heavy atom. The molecule has 3 nitrogen and oxygen atoms in total. The molecule has 0 aromatic heterocycles. The average Bonchev–Trinajstić information content (AvgIpc) is 2.48. The van der Waals surface area contributed by atoms with Crippen molar-refractivity contribution in [1.29, 1.82) is 5.26 Å². The Kier molecular flexibility index (Phi) is 4.21. The molecule has 0 saturated carbocycles. The lowest BCUT2D eigenvalue weighted by molar-refractivity contribution is 0.0992. The quantitative estimate of drug-likeness (QED) is 0.838. The summed E-state index contributed by atoms with van der Waals surface area (Å²) in [5, 5.41) is 9.12. The number of nitrogens with zero attached hydrogens (tertiary/aromatic N) is 2. The zero-order valence-corrected chi connectivity index (χ0v) is 12.8. The number of carbonyl (C=O) groups is 1. The molecule has 0 aliphatic carbocycles. The van der Waals surface area contributed by atoms with E-state index in [4.69, 9.17) is 5.26 Å². The maximum Gasteiger partial charge on any atom is 0.258 e. The van der Waals surface area contributed by atoms with E-state index in [-0.39, 0.29) is 5.91 Å². The van der Waals surface area contributed by atoms with Gasteiger partial charge in [0.15, 0.2) is 0 Å². The van der Waals surface area contributed by atoms with Crippen molar-refractivity contribution in [1.82, 2.24) is 0 Å². The van der Waals surface area contributed by atoms with Gasteiger partial charge < -0.3 is 4.90 Å². The van der Waals surface area contributed by atoms with E-state index < -0.39 is 0 Å². The summed E-state index contributed by atoms with van der Waals surface area (Å²) in [5.74, 6) is -0.133. The van der Waals surface area contributed by atoms with Gasteiger partial charge in [0.25, 0.3) is 5.91 Å². The molecule has 20 heavy (non-hydrogen) atoms. The monoisotopic (exact) mass is 328 g/mol. The van der Waals surface area contributed by atoms with Gasteiger partial charge in [-0.1, -0.05) is 34.1 Å². The zero-order chi connectivity index (χ0) is 14.7. The van der Waals surface area contributed by atoms with Crippen LogP contribution in [0.3, 0.4) is 0 Å². The summed E-state index contributed by atoms with van der Waals surface area (Å²) in [6, 6.07) is 14.8. The number of halogens is 1. The highest BCUT2D eigenvalue weighted by molar-refractivity contribution is 9.10. The van der Waals surface area contributed by atoms with E-state index in [0.717, 1.165) is 10.0 Å². The van der Waals surface area contributed by atoms with Crippen LogP contribution in [0, 0.1) is 18.3 Å². The van der Waals surface area contributed by atoms with Gasteiger partial charge in [0.2, 0.25) is 0 Å². The van der Waals surface area contributed by atoms with Crippen LogP contribution in [0.15, 0.2) is 46.9 Å². The van der Waals surface area contributed by atoms with Gasteiger partial charge in [-0.25, -0.2) is 0 Å². The minimum atomic E-state index is -0.133. The molecule has 100 valence electrons. The molecule has 0 N–H and O–H groups in total. The first kappa shape index (κ1) is 14.3. The number of hydrogen-bond donors (Lipinski definition) is 0. The number of carbonyl (C=O) groups excluding carboxylic acids is 1. The molecular weight excluding hydrogens is 316 g/mol. The van der Waals surface area contributed by atoms with E-state index in [1.54, 1.807) is 31.3 Å². The van der Waals surface area contributed by atoms with Crippen molar-refractivity contribution in [3.05, 3.63) is 63.6 Å². The van der Waals surface area contributed by atoms with E-state index in [9.17, 15) is 4.79 Å². The number of benzene rings is 2. The molecule has 0 atom stereocenters. The number of para-hydroxylation sites is 1. The van der Waals surface area contributed by atoms with Crippen molar-refractivity contribution in [2.75, 3.05) is 11.9 Å². The third-order valence-corrected chi connectivity index (χ3v) is 3.61. The Morgan fingerprint density at radius 2 is 1.95 bits per heavy atom. The fourth-order valence-electron chi connectivity index (χ4n) is 1.98. The molecule has 0 bridgehead atoms. The van der Waals surface area contributed by atoms with Crippen LogP contribution in [-0.4, -0.2) is 13.0 Å². The lowest BCUT2D eigenvalue weighted by Gasteiger charge is -2.19. The van der Waals surface area contributed by atoms with Crippen molar-refractivity contribution in [3.63, 3.8) is 0 Å². The van der Waals surface area contributed by atoms with E-state index in [1.165, 1.54) is 4.90 Å². The van der Waals surface area contributed by atoms with Crippen molar-refractivity contribution < 1.29 is 4.79 Å². The Hall–Kier alpha value is -2.12. The molecule has 1 amide bonds. The molecule has 2 aromatic carbocycles. The van der Waals surface area contributed by atoms with Crippen LogP contribution in [0.25, 0.3) is 0 Å². The SMILES string of the molecule is Cc1ccc(Br)cc1C(=O)N(C)c1ccccc1C#N. The van der Waals surface area contributed by atoms with Gasteiger partial charge in [0.05, 0.1) is 11.3 Å². The predicted molar refractivity (Wildman–Crippen MR) is 82.8 cm³/mol. The van der Waals surface area contributed by atoms with Gasteiger partial charge in [-0.3, -0.25) is 4.79 Å². The molecule has 2 rings (SSSR count). The number of aryl methyl sites for hydroxylation is 1. The normalized spacial score (nSPS) is 9.90. The minimum Gasteiger partial charge on any atom is -0.310 e. The molecule has 4 heteroatoms. The van der Waals surface area contributed by atoms with E-state index in [2.05, 4.69) is 22.0 Å². The van der Waals surface area contributed by atoms with Crippen molar-refractivity contribution in [2.45, 2.75) is 6.92 Å². The van der Waals surface area contributed by atoms with Crippen molar-refractivity contribution in [3.8, 4) is 6.07 Å². The summed E-state index contributed by atoms with van der Waals surface area (Å²) in [6.07, 6.45) is 0. The topological polar surface area (TPSA) is 44.1 Å². The van der Waals surface area contributed by atoms with Crippen LogP contribution in [0.1, 0.15) is 21.5 Å². The van der Waals surface area contributed by atoms with Crippen LogP contribution < -0.4 is 4.90 Å². The number of nitriles is 1. The largest absolute Gasteiger partial charge is 0.310 e. The lowest BCUT2D eigenvalue weighted by Crippen LogP contribution is -2.27. The van der Waals surface area contributed by atoms with Crippen LogP contribution in [-0.2, 0) is 0 Å². The fraction of sp³-hybridized carbons (Fsp3) is 0.125. The summed E-state index contributed by atoms with van der Waals surface area (Å²) in [5.41, 5.74) is 2.62. The third kappa shape index (κ3) is 2.73. The second kappa shape index (κ2) is 5.89. The maximum absolute atomic E-state index is 12.6. The first-order valence-corrected chi connectivity index (χ1v) is 6.87. The summed E-state index contributed by atoms with van der Waals surface area (Å²) in [4.78, 5) is 14.1. The van der Waals surface area contributed by atoms with E-state index >= 15 is 0 Å². The molecule has 2 aromatic rings. The lowest BCUT2D eigenvalue weighted by atomic mass is 10.1. The van der Waals surface area contributed by atoms with Crippen molar-refractivity contribution in [2.24, 2.45) is 0 Å². The zero-order valence-electron chi connectivity index (χ0n) is 11.2. The first-order valence-electron chi connectivity index (χ1n) is 6.08. The molecule has 0 radical (unpaired) electrons.